The average Bonchev–Trinajstić information content (AvgIpc) is 3.08. The molecule has 0 amide bonds. The molecule has 3 rings (SSSR count). The number of nitrogens with zero attached hydrogens (tertiary/aromatic N) is 4. The third-order valence-corrected chi connectivity index (χ3v) is 3.47. The van der Waals surface area contributed by atoms with E-state index in [4.69, 9.17) is 0 Å². The largest absolute Gasteiger partial charge is 0.375 e. The Morgan fingerprint density at radius 1 is 1.17 bits per heavy atom. The van der Waals surface area contributed by atoms with Crippen molar-refractivity contribution in [2.24, 2.45) is 0 Å². The minimum absolute atomic E-state index is 0.280. The Kier molecular flexibility index (Phi) is 4.46. The first-order valence-corrected chi connectivity index (χ1v) is 7.20. The van der Waals surface area contributed by atoms with Crippen LogP contribution in [0.2, 0.25) is 0 Å². The first-order chi connectivity index (χ1) is 11.6. The molecule has 24 heavy (non-hydrogen) atoms. The molecule has 122 valence electrons. The molecule has 0 atom stereocenters. The summed E-state index contributed by atoms with van der Waals surface area (Å²) < 4.78 is 14.8. The van der Waals surface area contributed by atoms with Crippen LogP contribution < -0.4 is 5.32 Å². The lowest BCUT2D eigenvalue weighted by Crippen LogP contribution is -2.04. The number of nitro benzene ring substituents is 1. The van der Waals surface area contributed by atoms with E-state index in [-0.39, 0.29) is 11.4 Å². The van der Waals surface area contributed by atoms with Gasteiger partial charge in [0.2, 0.25) is 0 Å². The highest BCUT2D eigenvalue weighted by Crippen LogP contribution is 2.25. The molecule has 1 aromatic heterocycles. The summed E-state index contributed by atoms with van der Waals surface area (Å²) in [6.45, 7) is 1.02. The zero-order valence-corrected chi connectivity index (χ0v) is 12.6. The highest BCUT2D eigenvalue weighted by atomic mass is 19.1. The van der Waals surface area contributed by atoms with Crippen molar-refractivity contribution in [1.29, 1.82) is 0 Å². The van der Waals surface area contributed by atoms with E-state index in [2.05, 4.69) is 15.4 Å². The van der Waals surface area contributed by atoms with Gasteiger partial charge >= 0.3 is 0 Å². The molecule has 1 N–H and O–H groups in total. The molecular formula is C16H14FN5O2. The molecule has 0 fully saturated rings. The smallest absolute Gasteiger partial charge is 0.295 e. The van der Waals surface area contributed by atoms with Crippen molar-refractivity contribution in [2.45, 2.75) is 13.1 Å². The molecule has 7 nitrogen and oxygen atoms in total. The van der Waals surface area contributed by atoms with Gasteiger partial charge in [-0.15, -0.1) is 0 Å². The van der Waals surface area contributed by atoms with Crippen LogP contribution >= 0.6 is 0 Å². The SMILES string of the molecule is O=[N+]([O-])c1cc(F)ccc1NCc1ccc(Cn2cncn2)cc1. The van der Waals surface area contributed by atoms with E-state index in [1.807, 2.05) is 24.3 Å². The summed E-state index contributed by atoms with van der Waals surface area (Å²) in [5.74, 6) is -0.635. The van der Waals surface area contributed by atoms with Crippen LogP contribution in [0.3, 0.4) is 0 Å². The first-order valence-electron chi connectivity index (χ1n) is 7.20. The van der Waals surface area contributed by atoms with E-state index < -0.39 is 10.7 Å². The summed E-state index contributed by atoms with van der Waals surface area (Å²) >= 11 is 0. The normalized spacial score (nSPS) is 10.5. The summed E-state index contributed by atoms with van der Waals surface area (Å²) in [4.78, 5) is 14.3. The van der Waals surface area contributed by atoms with E-state index in [0.29, 0.717) is 13.1 Å². The zero-order valence-electron chi connectivity index (χ0n) is 12.6. The number of aromatic nitrogens is 3. The van der Waals surface area contributed by atoms with Crippen LogP contribution in [0.5, 0.6) is 0 Å². The first kappa shape index (κ1) is 15.6. The molecule has 1 heterocycles. The number of nitro groups is 1. The van der Waals surface area contributed by atoms with Crippen LogP contribution in [0.4, 0.5) is 15.8 Å². The third-order valence-electron chi connectivity index (χ3n) is 3.47. The quantitative estimate of drug-likeness (QED) is 0.555. The number of benzene rings is 2. The molecule has 0 aliphatic rings. The van der Waals surface area contributed by atoms with Gasteiger partial charge in [-0.2, -0.15) is 5.10 Å². The van der Waals surface area contributed by atoms with Crippen molar-refractivity contribution in [3.63, 3.8) is 0 Å². The van der Waals surface area contributed by atoms with Crippen molar-refractivity contribution in [2.75, 3.05) is 5.32 Å². The van der Waals surface area contributed by atoms with E-state index in [0.717, 1.165) is 17.2 Å². The van der Waals surface area contributed by atoms with E-state index >= 15 is 0 Å². The van der Waals surface area contributed by atoms with E-state index in [1.54, 1.807) is 11.0 Å². The van der Waals surface area contributed by atoms with Crippen LogP contribution in [-0.2, 0) is 13.1 Å². The molecule has 0 bridgehead atoms. The minimum Gasteiger partial charge on any atom is -0.375 e. The predicted octanol–water partition coefficient (Wildman–Crippen LogP) is 2.99. The van der Waals surface area contributed by atoms with Gasteiger partial charge < -0.3 is 5.32 Å². The maximum atomic E-state index is 13.1. The molecule has 8 heteroatoms. The topological polar surface area (TPSA) is 85.9 Å². The monoisotopic (exact) mass is 327 g/mol. The highest BCUT2D eigenvalue weighted by Gasteiger charge is 2.14. The zero-order chi connectivity index (χ0) is 16.9. The van der Waals surface area contributed by atoms with E-state index in [9.17, 15) is 14.5 Å². The minimum atomic E-state index is -0.635. The third kappa shape index (κ3) is 3.72. The number of nitrogens with one attached hydrogen (secondary N) is 1. The van der Waals surface area contributed by atoms with Gasteiger partial charge in [0.15, 0.2) is 0 Å². The lowest BCUT2D eigenvalue weighted by molar-refractivity contribution is -0.384. The summed E-state index contributed by atoms with van der Waals surface area (Å²) in [6, 6.07) is 11.2. The van der Waals surface area contributed by atoms with Crippen molar-refractivity contribution < 1.29 is 9.31 Å². The van der Waals surface area contributed by atoms with Gasteiger partial charge in [0.1, 0.15) is 24.2 Å². The van der Waals surface area contributed by atoms with Crippen LogP contribution in [0.15, 0.2) is 55.1 Å². The Morgan fingerprint density at radius 3 is 2.58 bits per heavy atom. The highest BCUT2D eigenvalue weighted by molar-refractivity contribution is 5.61. The Labute approximate surface area is 136 Å². The van der Waals surface area contributed by atoms with Crippen LogP contribution in [0.25, 0.3) is 0 Å². The number of halogens is 1. The second-order valence-electron chi connectivity index (χ2n) is 5.18. The van der Waals surface area contributed by atoms with Crippen LogP contribution in [0, 0.1) is 15.9 Å². The van der Waals surface area contributed by atoms with Crippen molar-refractivity contribution in [1.82, 2.24) is 14.8 Å². The summed E-state index contributed by atoms with van der Waals surface area (Å²) in [5.41, 5.74) is 2.03. The van der Waals surface area contributed by atoms with Gasteiger partial charge in [-0.25, -0.2) is 14.1 Å². The van der Waals surface area contributed by atoms with Gasteiger partial charge in [-0.05, 0) is 23.3 Å². The second-order valence-corrected chi connectivity index (χ2v) is 5.18. The van der Waals surface area contributed by atoms with Gasteiger partial charge in [-0.1, -0.05) is 24.3 Å². The number of rotatable bonds is 6. The van der Waals surface area contributed by atoms with Crippen molar-refractivity contribution in [3.8, 4) is 0 Å². The van der Waals surface area contributed by atoms with Gasteiger partial charge in [0.25, 0.3) is 5.69 Å². The molecular weight excluding hydrogens is 313 g/mol. The summed E-state index contributed by atoms with van der Waals surface area (Å²) in [7, 11) is 0. The lowest BCUT2D eigenvalue weighted by atomic mass is 10.1. The Bertz CT molecular complexity index is 834. The van der Waals surface area contributed by atoms with Crippen LogP contribution in [0.1, 0.15) is 11.1 Å². The molecule has 0 spiro atoms. The fourth-order valence-electron chi connectivity index (χ4n) is 2.27. The molecule has 0 saturated heterocycles. The maximum Gasteiger partial charge on any atom is 0.295 e. The standard InChI is InChI=1S/C16H14FN5O2/c17-14-5-6-15(16(7-14)22(23)24)19-8-12-1-3-13(4-2-12)9-21-11-18-10-20-21/h1-7,10-11,19H,8-9H2. The number of anilines is 1. The molecule has 0 saturated carbocycles. The van der Waals surface area contributed by atoms with Gasteiger partial charge in [0.05, 0.1) is 17.5 Å². The molecule has 3 aromatic rings. The molecule has 2 aromatic carbocycles. The molecule has 0 radical (unpaired) electrons. The number of hydrogen-bond donors (Lipinski definition) is 1. The summed E-state index contributed by atoms with van der Waals surface area (Å²) in [6.07, 6.45) is 3.12. The predicted molar refractivity (Wildman–Crippen MR) is 85.9 cm³/mol. The Balaban J connectivity index is 1.66. The fraction of sp³-hybridized carbons (Fsp3) is 0.125. The maximum absolute atomic E-state index is 13.1. The molecule has 0 aliphatic carbocycles. The number of hydrogen-bond acceptors (Lipinski definition) is 5. The van der Waals surface area contributed by atoms with Crippen LogP contribution in [-0.4, -0.2) is 19.7 Å². The lowest BCUT2D eigenvalue weighted by Gasteiger charge is -2.08. The molecule has 0 aliphatic heterocycles. The van der Waals surface area contributed by atoms with Gasteiger partial charge in [0, 0.05) is 6.54 Å². The Morgan fingerprint density at radius 2 is 1.92 bits per heavy atom. The fourth-order valence-corrected chi connectivity index (χ4v) is 2.27. The second kappa shape index (κ2) is 6.86. The van der Waals surface area contributed by atoms with Crippen molar-refractivity contribution >= 4 is 11.4 Å². The van der Waals surface area contributed by atoms with Crippen molar-refractivity contribution in [3.05, 3.63) is 82.2 Å². The van der Waals surface area contributed by atoms with Gasteiger partial charge in [-0.3, -0.25) is 10.1 Å². The van der Waals surface area contributed by atoms with E-state index in [1.165, 1.54) is 18.5 Å². The average molecular weight is 327 g/mol. The molecule has 0 unspecified atom stereocenters. The Hall–Kier alpha value is -3.29. The summed E-state index contributed by atoms with van der Waals surface area (Å²) in [5, 5.41) is 18.0.